The SMILES string of the molecule is [C-]#[N+]c1cc(-c2ccc(-c3cc4oc5cc(-c6ccc(-c7ccnc(C#N)c7)cc6)c6ccccc6c5c4c4ccccc34)cc2)ccn1. The third-order valence-corrected chi connectivity index (χ3v) is 9.28. The van der Waals surface area contributed by atoms with Gasteiger partial charge in [-0.05, 0) is 102 Å². The van der Waals surface area contributed by atoms with Crippen LogP contribution in [0.1, 0.15) is 5.69 Å². The second-order valence-corrected chi connectivity index (χ2v) is 12.0. The van der Waals surface area contributed by atoms with Gasteiger partial charge in [0.1, 0.15) is 29.1 Å². The fraction of sp³-hybridized carbons (Fsp3) is 0. The van der Waals surface area contributed by atoms with E-state index in [1.807, 2.05) is 24.3 Å². The Balaban J connectivity index is 1.21. The molecule has 3 heterocycles. The van der Waals surface area contributed by atoms with Crippen LogP contribution in [0.15, 0.2) is 150 Å². The molecule has 0 aliphatic carbocycles. The molecule has 3 aromatic heterocycles. The molecule has 0 saturated heterocycles. The first-order valence-corrected chi connectivity index (χ1v) is 15.9. The predicted octanol–water partition coefficient (Wildman–Crippen LogP) is 11.8. The lowest BCUT2D eigenvalue weighted by molar-refractivity contribution is 0.670. The van der Waals surface area contributed by atoms with Gasteiger partial charge in [0.05, 0.1) is 0 Å². The zero-order chi connectivity index (χ0) is 32.9. The van der Waals surface area contributed by atoms with Gasteiger partial charge in [-0.15, -0.1) is 4.98 Å². The Morgan fingerprint density at radius 2 is 0.980 bits per heavy atom. The summed E-state index contributed by atoms with van der Waals surface area (Å²) in [4.78, 5) is 11.7. The number of hydrogen-bond donors (Lipinski definition) is 0. The summed E-state index contributed by atoms with van der Waals surface area (Å²) in [5.41, 5.74) is 10.4. The first-order chi connectivity index (χ1) is 24.2. The number of fused-ring (bicyclic) bond motifs is 7. The molecule has 0 spiro atoms. The smallest absolute Gasteiger partial charge is 0.270 e. The fourth-order valence-corrected chi connectivity index (χ4v) is 6.99. The van der Waals surface area contributed by atoms with Crippen molar-refractivity contribution in [2.75, 3.05) is 0 Å². The molecular weight excluding hydrogens is 601 g/mol. The Hall–Kier alpha value is -7.08. The highest BCUT2D eigenvalue weighted by molar-refractivity contribution is 6.29. The highest BCUT2D eigenvalue weighted by atomic mass is 16.3. The second-order valence-electron chi connectivity index (χ2n) is 12.0. The van der Waals surface area contributed by atoms with Crippen LogP contribution in [0.3, 0.4) is 0 Å². The predicted molar refractivity (Wildman–Crippen MR) is 197 cm³/mol. The summed E-state index contributed by atoms with van der Waals surface area (Å²) in [5.74, 6) is 0.385. The van der Waals surface area contributed by atoms with Crippen molar-refractivity contribution >= 4 is 49.3 Å². The molecule has 9 aromatic rings. The average molecular weight is 625 g/mol. The number of nitrogens with zero attached hydrogens (tertiary/aromatic N) is 4. The summed E-state index contributed by atoms with van der Waals surface area (Å²) >= 11 is 0. The van der Waals surface area contributed by atoms with Gasteiger partial charge in [-0.2, -0.15) is 5.26 Å². The molecule has 6 aromatic carbocycles. The van der Waals surface area contributed by atoms with Gasteiger partial charge in [0, 0.05) is 17.0 Å². The van der Waals surface area contributed by atoms with Crippen molar-refractivity contribution in [2.45, 2.75) is 0 Å². The third kappa shape index (κ3) is 4.69. The van der Waals surface area contributed by atoms with Gasteiger partial charge >= 0.3 is 0 Å². The van der Waals surface area contributed by atoms with E-state index in [1.54, 1.807) is 12.4 Å². The van der Waals surface area contributed by atoms with Crippen molar-refractivity contribution in [3.05, 3.63) is 163 Å². The van der Waals surface area contributed by atoms with E-state index >= 15 is 0 Å². The van der Waals surface area contributed by atoms with Crippen molar-refractivity contribution in [3.63, 3.8) is 0 Å². The molecule has 0 N–H and O–H groups in total. The minimum absolute atomic E-state index is 0.385. The van der Waals surface area contributed by atoms with Crippen LogP contribution in [0.25, 0.3) is 92.8 Å². The summed E-state index contributed by atoms with van der Waals surface area (Å²) in [6, 6.07) is 47.9. The molecule has 0 aliphatic rings. The number of hydrogen-bond acceptors (Lipinski definition) is 4. The second kappa shape index (κ2) is 11.3. The molecule has 0 amide bonds. The van der Waals surface area contributed by atoms with Gasteiger partial charge in [-0.25, -0.2) is 4.98 Å². The largest absolute Gasteiger partial charge is 0.456 e. The monoisotopic (exact) mass is 624 g/mol. The fourth-order valence-electron chi connectivity index (χ4n) is 6.99. The van der Waals surface area contributed by atoms with E-state index in [4.69, 9.17) is 11.0 Å². The van der Waals surface area contributed by atoms with E-state index in [1.165, 1.54) is 0 Å². The van der Waals surface area contributed by atoms with Crippen LogP contribution in [0, 0.1) is 17.9 Å². The maximum Gasteiger partial charge on any atom is 0.270 e. The van der Waals surface area contributed by atoms with Crippen LogP contribution in [-0.4, -0.2) is 9.97 Å². The number of furan rings is 1. The highest BCUT2D eigenvalue weighted by Crippen LogP contribution is 2.45. The molecule has 0 atom stereocenters. The molecule has 0 saturated carbocycles. The first-order valence-electron chi connectivity index (χ1n) is 15.9. The van der Waals surface area contributed by atoms with Gasteiger partial charge in [-0.3, -0.25) is 0 Å². The maximum absolute atomic E-state index is 9.31. The van der Waals surface area contributed by atoms with Gasteiger partial charge in [0.25, 0.3) is 5.82 Å². The topological polar surface area (TPSA) is 67.1 Å². The molecule has 9 rings (SSSR count). The first kappa shape index (κ1) is 28.2. The third-order valence-electron chi connectivity index (χ3n) is 9.28. The van der Waals surface area contributed by atoms with E-state index in [2.05, 4.69) is 130 Å². The van der Waals surface area contributed by atoms with E-state index in [9.17, 15) is 5.26 Å². The normalized spacial score (nSPS) is 11.2. The lowest BCUT2D eigenvalue weighted by atomic mass is 9.91. The Labute approximate surface area is 281 Å². The molecule has 0 radical (unpaired) electrons. The summed E-state index contributed by atoms with van der Waals surface area (Å²) in [5, 5.41) is 16.1. The molecule has 0 aliphatic heterocycles. The highest BCUT2D eigenvalue weighted by Gasteiger charge is 2.19. The van der Waals surface area contributed by atoms with Crippen LogP contribution >= 0.6 is 0 Å². The van der Waals surface area contributed by atoms with Crippen LogP contribution in [0.5, 0.6) is 0 Å². The Morgan fingerprint density at radius 3 is 1.49 bits per heavy atom. The maximum atomic E-state index is 9.31. The van der Waals surface area contributed by atoms with Crippen molar-refractivity contribution in [1.82, 2.24) is 9.97 Å². The molecule has 0 fully saturated rings. The molecular formula is C44H24N4O. The molecule has 5 heteroatoms. The number of rotatable bonds is 4. The summed E-state index contributed by atoms with van der Waals surface area (Å²) in [6.45, 7) is 7.32. The molecule has 0 bridgehead atoms. The lowest BCUT2D eigenvalue weighted by Crippen LogP contribution is -1.86. The van der Waals surface area contributed by atoms with Crippen LogP contribution < -0.4 is 0 Å². The van der Waals surface area contributed by atoms with Gasteiger partial charge in [0.15, 0.2) is 0 Å². The number of aromatic nitrogens is 2. The Morgan fingerprint density at radius 1 is 0.510 bits per heavy atom. The quantitative estimate of drug-likeness (QED) is 0.183. The molecule has 0 unspecified atom stereocenters. The van der Waals surface area contributed by atoms with Crippen molar-refractivity contribution in [1.29, 1.82) is 5.26 Å². The number of pyridine rings is 2. The van der Waals surface area contributed by atoms with E-state index in [-0.39, 0.29) is 0 Å². The summed E-state index contributed by atoms with van der Waals surface area (Å²) in [7, 11) is 0. The summed E-state index contributed by atoms with van der Waals surface area (Å²) < 4.78 is 6.76. The van der Waals surface area contributed by atoms with E-state index < -0.39 is 0 Å². The minimum atomic E-state index is 0.385. The van der Waals surface area contributed by atoms with Crippen molar-refractivity contribution in [2.24, 2.45) is 0 Å². The van der Waals surface area contributed by atoms with Crippen molar-refractivity contribution in [3.8, 4) is 50.6 Å². The van der Waals surface area contributed by atoms with Crippen LogP contribution in [-0.2, 0) is 0 Å². The lowest BCUT2D eigenvalue weighted by Gasteiger charge is -2.11. The zero-order valence-corrected chi connectivity index (χ0v) is 26.1. The zero-order valence-electron chi connectivity index (χ0n) is 26.1. The van der Waals surface area contributed by atoms with E-state index in [0.29, 0.717) is 11.5 Å². The molecule has 49 heavy (non-hydrogen) atoms. The average Bonchev–Trinajstić information content (AvgIpc) is 3.56. The number of nitriles is 1. The van der Waals surface area contributed by atoms with Gasteiger partial charge in [0.2, 0.25) is 0 Å². The standard InChI is InChI=1S/C44H24N4O/c1-46-42-23-32(19-21-48-42)28-12-16-30(17-13-28)39-25-41-44(37-9-5-3-7-35(37)39)43-36-8-4-2-6-34(36)38(24-40(43)49-41)29-14-10-27(11-15-29)31-18-20-47-33(22-31)26-45/h2-25H. The van der Waals surface area contributed by atoms with Gasteiger partial charge in [-0.1, -0.05) is 104 Å². The number of benzene rings is 6. The van der Waals surface area contributed by atoms with E-state index in [0.717, 1.165) is 88.0 Å². The molecule has 5 nitrogen and oxygen atoms in total. The van der Waals surface area contributed by atoms with Gasteiger partial charge < -0.3 is 9.26 Å². The Kier molecular flexibility index (Phi) is 6.50. The van der Waals surface area contributed by atoms with Crippen LogP contribution in [0.4, 0.5) is 5.82 Å². The summed E-state index contributed by atoms with van der Waals surface area (Å²) in [6.07, 6.45) is 3.35. The van der Waals surface area contributed by atoms with Crippen molar-refractivity contribution < 1.29 is 4.42 Å². The minimum Gasteiger partial charge on any atom is -0.456 e. The van der Waals surface area contributed by atoms with Crippen LogP contribution in [0.2, 0.25) is 0 Å². The molecule has 226 valence electrons. The Bertz CT molecular complexity index is 2640.